The van der Waals surface area contributed by atoms with Gasteiger partial charge in [0.25, 0.3) is 0 Å². The molecule has 2 N–H and O–H groups in total. The van der Waals surface area contributed by atoms with E-state index in [0.717, 1.165) is 19.7 Å². The molecule has 0 saturated heterocycles. The minimum Gasteiger partial charge on any atom is -0.383 e. The van der Waals surface area contributed by atoms with E-state index in [1.54, 1.807) is 7.11 Å². The van der Waals surface area contributed by atoms with Crippen LogP contribution in [0.25, 0.3) is 0 Å². The van der Waals surface area contributed by atoms with Gasteiger partial charge in [0.05, 0.1) is 6.61 Å². The van der Waals surface area contributed by atoms with Crippen molar-refractivity contribution in [1.82, 2.24) is 4.90 Å². The van der Waals surface area contributed by atoms with E-state index in [0.29, 0.717) is 12.6 Å². The molecule has 0 fully saturated rings. The molecule has 1 aliphatic rings. The first-order chi connectivity index (χ1) is 8.35. The number of methoxy groups -OCH3 is 1. The molecule has 94 valence electrons. The fraction of sp³-hybridized carbons (Fsp3) is 0.571. The monoisotopic (exact) mass is 234 g/mol. The smallest absolute Gasteiger partial charge is 0.0630 e. The van der Waals surface area contributed by atoms with E-state index >= 15 is 0 Å². The molecule has 1 aliphatic heterocycles. The van der Waals surface area contributed by atoms with Gasteiger partial charge in [0.1, 0.15) is 0 Å². The Kier molecular flexibility index (Phi) is 4.54. The molecule has 0 aliphatic carbocycles. The normalized spacial score (nSPS) is 18.5. The van der Waals surface area contributed by atoms with Crippen LogP contribution in [0, 0.1) is 0 Å². The summed E-state index contributed by atoms with van der Waals surface area (Å²) in [5.41, 5.74) is 8.77. The van der Waals surface area contributed by atoms with Crippen LogP contribution in [0.4, 0.5) is 0 Å². The molecule has 0 saturated carbocycles. The summed E-state index contributed by atoms with van der Waals surface area (Å²) in [4.78, 5) is 2.45. The van der Waals surface area contributed by atoms with Crippen molar-refractivity contribution in [3.63, 3.8) is 0 Å². The molecule has 1 aromatic carbocycles. The van der Waals surface area contributed by atoms with Gasteiger partial charge in [-0.15, -0.1) is 0 Å². The molecule has 1 atom stereocenters. The van der Waals surface area contributed by atoms with Crippen LogP contribution < -0.4 is 5.73 Å². The third-order valence-electron chi connectivity index (χ3n) is 3.53. The van der Waals surface area contributed by atoms with Crippen LogP contribution in [0.5, 0.6) is 0 Å². The maximum Gasteiger partial charge on any atom is 0.0630 e. The summed E-state index contributed by atoms with van der Waals surface area (Å²) in [6.45, 7) is 3.50. The van der Waals surface area contributed by atoms with Gasteiger partial charge in [-0.25, -0.2) is 0 Å². The molecule has 1 heterocycles. The minimum absolute atomic E-state index is 0.339. The van der Waals surface area contributed by atoms with Crippen LogP contribution in [0.1, 0.15) is 17.5 Å². The molecule has 0 aromatic heterocycles. The minimum atomic E-state index is 0.339. The van der Waals surface area contributed by atoms with Crippen molar-refractivity contribution in [2.24, 2.45) is 5.73 Å². The first-order valence-electron chi connectivity index (χ1n) is 6.35. The van der Waals surface area contributed by atoms with Crippen molar-refractivity contribution in [3.05, 3.63) is 35.4 Å². The number of hydrogen-bond donors (Lipinski definition) is 1. The first kappa shape index (κ1) is 12.6. The highest BCUT2D eigenvalue weighted by Crippen LogP contribution is 2.19. The highest BCUT2D eigenvalue weighted by atomic mass is 16.5. The van der Waals surface area contributed by atoms with Crippen molar-refractivity contribution in [2.75, 3.05) is 26.8 Å². The summed E-state index contributed by atoms with van der Waals surface area (Å²) in [6.07, 6.45) is 2.38. The second-order valence-corrected chi connectivity index (χ2v) is 4.69. The second-order valence-electron chi connectivity index (χ2n) is 4.69. The zero-order chi connectivity index (χ0) is 12.1. The molecule has 1 unspecified atom stereocenters. The summed E-state index contributed by atoms with van der Waals surface area (Å²) in [7, 11) is 1.74. The van der Waals surface area contributed by atoms with Gasteiger partial charge in [-0.3, -0.25) is 4.90 Å². The SMILES string of the molecule is COCC(CN)N1CCCc2ccccc2C1. The lowest BCUT2D eigenvalue weighted by atomic mass is 10.0. The Balaban J connectivity index is 2.11. The van der Waals surface area contributed by atoms with Crippen molar-refractivity contribution >= 4 is 0 Å². The molecule has 0 amide bonds. The molecular weight excluding hydrogens is 212 g/mol. The van der Waals surface area contributed by atoms with Crippen LogP contribution in [0.2, 0.25) is 0 Å². The summed E-state index contributed by atoms with van der Waals surface area (Å²) in [5, 5.41) is 0. The Hall–Kier alpha value is -0.900. The topological polar surface area (TPSA) is 38.5 Å². The summed E-state index contributed by atoms with van der Waals surface area (Å²) in [6, 6.07) is 9.06. The van der Waals surface area contributed by atoms with Gasteiger partial charge in [-0.05, 0) is 30.5 Å². The number of hydrogen-bond acceptors (Lipinski definition) is 3. The summed E-state index contributed by atoms with van der Waals surface area (Å²) < 4.78 is 5.26. The lowest BCUT2D eigenvalue weighted by Gasteiger charge is -2.29. The van der Waals surface area contributed by atoms with E-state index in [-0.39, 0.29) is 0 Å². The van der Waals surface area contributed by atoms with Gasteiger partial charge < -0.3 is 10.5 Å². The first-order valence-corrected chi connectivity index (χ1v) is 6.35. The molecule has 3 heteroatoms. The fourth-order valence-electron chi connectivity index (χ4n) is 2.55. The number of benzene rings is 1. The maximum absolute atomic E-state index is 5.84. The zero-order valence-electron chi connectivity index (χ0n) is 10.6. The number of nitrogens with two attached hydrogens (primary N) is 1. The zero-order valence-corrected chi connectivity index (χ0v) is 10.6. The summed E-state index contributed by atoms with van der Waals surface area (Å²) >= 11 is 0. The Morgan fingerprint density at radius 2 is 2.12 bits per heavy atom. The van der Waals surface area contributed by atoms with E-state index in [9.17, 15) is 0 Å². The van der Waals surface area contributed by atoms with E-state index in [2.05, 4.69) is 29.2 Å². The number of fused-ring (bicyclic) bond motifs is 1. The van der Waals surface area contributed by atoms with E-state index in [1.807, 2.05) is 0 Å². The van der Waals surface area contributed by atoms with Crippen LogP contribution in [-0.2, 0) is 17.7 Å². The van der Waals surface area contributed by atoms with Gasteiger partial charge in [-0.2, -0.15) is 0 Å². The number of aryl methyl sites for hydroxylation is 1. The van der Waals surface area contributed by atoms with E-state index in [4.69, 9.17) is 10.5 Å². The highest BCUT2D eigenvalue weighted by molar-refractivity contribution is 5.28. The summed E-state index contributed by atoms with van der Waals surface area (Å²) in [5.74, 6) is 0. The van der Waals surface area contributed by atoms with Crippen LogP contribution in [-0.4, -0.2) is 37.7 Å². The molecule has 0 bridgehead atoms. The Morgan fingerprint density at radius 3 is 2.82 bits per heavy atom. The van der Waals surface area contributed by atoms with Crippen molar-refractivity contribution in [3.8, 4) is 0 Å². The molecule has 3 nitrogen and oxygen atoms in total. The lowest BCUT2D eigenvalue weighted by Crippen LogP contribution is -2.43. The van der Waals surface area contributed by atoms with Gasteiger partial charge >= 0.3 is 0 Å². The third kappa shape index (κ3) is 3.06. The Bertz CT molecular complexity index is 354. The molecule has 0 radical (unpaired) electrons. The molecule has 1 aromatic rings. The van der Waals surface area contributed by atoms with Crippen LogP contribution in [0.3, 0.4) is 0 Å². The van der Waals surface area contributed by atoms with Gasteiger partial charge in [-0.1, -0.05) is 24.3 Å². The average Bonchev–Trinajstić information content (AvgIpc) is 2.57. The number of rotatable bonds is 4. The number of nitrogens with zero attached hydrogens (tertiary/aromatic N) is 1. The van der Waals surface area contributed by atoms with Crippen molar-refractivity contribution in [1.29, 1.82) is 0 Å². The maximum atomic E-state index is 5.84. The lowest BCUT2D eigenvalue weighted by molar-refractivity contribution is 0.0901. The highest BCUT2D eigenvalue weighted by Gasteiger charge is 2.20. The Labute approximate surface area is 104 Å². The predicted molar refractivity (Wildman–Crippen MR) is 69.9 cm³/mol. The van der Waals surface area contributed by atoms with Crippen molar-refractivity contribution < 1.29 is 4.74 Å². The number of ether oxygens (including phenoxy) is 1. The molecule has 17 heavy (non-hydrogen) atoms. The third-order valence-corrected chi connectivity index (χ3v) is 3.53. The standard InChI is InChI=1S/C14H22N2O/c1-17-11-14(9-15)16-8-4-7-12-5-2-3-6-13(12)10-16/h2-3,5-6,14H,4,7-11,15H2,1H3. The largest absolute Gasteiger partial charge is 0.383 e. The quantitative estimate of drug-likeness (QED) is 0.856. The van der Waals surface area contributed by atoms with Crippen LogP contribution >= 0.6 is 0 Å². The van der Waals surface area contributed by atoms with E-state index in [1.165, 1.54) is 24.0 Å². The molecular formula is C14H22N2O. The fourth-order valence-corrected chi connectivity index (χ4v) is 2.55. The van der Waals surface area contributed by atoms with Crippen LogP contribution in [0.15, 0.2) is 24.3 Å². The van der Waals surface area contributed by atoms with Crippen molar-refractivity contribution in [2.45, 2.75) is 25.4 Å². The van der Waals surface area contributed by atoms with Gasteiger partial charge in [0.2, 0.25) is 0 Å². The predicted octanol–water partition coefficient (Wildman–Crippen LogP) is 1.41. The van der Waals surface area contributed by atoms with E-state index < -0.39 is 0 Å². The second kappa shape index (κ2) is 6.15. The Morgan fingerprint density at radius 1 is 1.35 bits per heavy atom. The average molecular weight is 234 g/mol. The van der Waals surface area contributed by atoms with Gasteiger partial charge in [0.15, 0.2) is 0 Å². The molecule has 2 rings (SSSR count). The van der Waals surface area contributed by atoms with Gasteiger partial charge in [0, 0.05) is 26.2 Å². The molecule has 0 spiro atoms.